The molecule has 1 unspecified atom stereocenters. The number of ketones is 1. The highest BCUT2D eigenvalue weighted by molar-refractivity contribution is 5.98. The number of ether oxygens (including phenoxy) is 2. The predicted octanol–water partition coefficient (Wildman–Crippen LogP) is 4.74. The van der Waals surface area contributed by atoms with E-state index in [1.165, 1.54) is 0 Å². The molecule has 0 aliphatic carbocycles. The minimum atomic E-state index is 0.00596. The van der Waals surface area contributed by atoms with E-state index < -0.39 is 0 Å². The Bertz CT molecular complexity index is 452. The third-order valence-corrected chi connectivity index (χ3v) is 3.57. The van der Waals surface area contributed by atoms with Gasteiger partial charge in [0.05, 0.1) is 13.2 Å². The van der Waals surface area contributed by atoms with Crippen LogP contribution in [-0.4, -0.2) is 19.0 Å². The fourth-order valence-corrected chi connectivity index (χ4v) is 1.88. The highest BCUT2D eigenvalue weighted by Crippen LogP contribution is 2.30. The summed E-state index contributed by atoms with van der Waals surface area (Å²) in [6.45, 7) is 11.5. The standard InChI is InChI=1S/C18H28O3/c1-6-10-20-16-9-8-15(12-17(16)21-11-7-2)18(19)14(5)13(3)4/h8-9,12-14H,6-7,10-11H2,1-5H3. The number of carbonyl (C=O) groups is 1. The average molecular weight is 292 g/mol. The normalized spacial score (nSPS) is 12.3. The molecule has 1 aromatic carbocycles. The molecule has 118 valence electrons. The molecular formula is C18H28O3. The van der Waals surface area contributed by atoms with Crippen LogP contribution in [-0.2, 0) is 0 Å². The van der Waals surface area contributed by atoms with Crippen molar-refractivity contribution < 1.29 is 14.3 Å². The van der Waals surface area contributed by atoms with Crippen LogP contribution in [0.5, 0.6) is 11.5 Å². The Morgan fingerprint density at radius 2 is 1.57 bits per heavy atom. The maximum absolute atomic E-state index is 12.4. The Kier molecular flexibility index (Phi) is 7.27. The third kappa shape index (κ3) is 5.07. The molecule has 0 aromatic heterocycles. The number of hydrogen-bond donors (Lipinski definition) is 0. The Balaban J connectivity index is 2.99. The number of Topliss-reactive ketones (excluding diaryl/α,β-unsaturated/α-hetero) is 1. The summed E-state index contributed by atoms with van der Waals surface area (Å²) >= 11 is 0. The van der Waals surface area contributed by atoms with Gasteiger partial charge in [-0.3, -0.25) is 4.79 Å². The number of hydrogen-bond acceptors (Lipinski definition) is 3. The molecule has 0 aliphatic heterocycles. The second-order valence-corrected chi connectivity index (χ2v) is 5.76. The van der Waals surface area contributed by atoms with Gasteiger partial charge in [0.1, 0.15) is 0 Å². The van der Waals surface area contributed by atoms with E-state index in [9.17, 15) is 4.79 Å². The third-order valence-electron chi connectivity index (χ3n) is 3.57. The van der Waals surface area contributed by atoms with E-state index >= 15 is 0 Å². The van der Waals surface area contributed by atoms with Crippen molar-refractivity contribution in [3.63, 3.8) is 0 Å². The van der Waals surface area contributed by atoms with E-state index in [0.29, 0.717) is 30.4 Å². The van der Waals surface area contributed by atoms with Gasteiger partial charge < -0.3 is 9.47 Å². The summed E-state index contributed by atoms with van der Waals surface area (Å²) in [7, 11) is 0. The van der Waals surface area contributed by atoms with E-state index in [0.717, 1.165) is 18.6 Å². The summed E-state index contributed by atoms with van der Waals surface area (Å²) in [4.78, 5) is 12.4. The summed E-state index contributed by atoms with van der Waals surface area (Å²) in [6.07, 6.45) is 1.87. The van der Waals surface area contributed by atoms with Gasteiger partial charge >= 0.3 is 0 Å². The molecular weight excluding hydrogens is 264 g/mol. The van der Waals surface area contributed by atoms with Gasteiger partial charge in [0.15, 0.2) is 17.3 Å². The Morgan fingerprint density at radius 1 is 1.00 bits per heavy atom. The van der Waals surface area contributed by atoms with Crippen molar-refractivity contribution in [2.24, 2.45) is 11.8 Å². The van der Waals surface area contributed by atoms with Crippen LogP contribution in [0.3, 0.4) is 0 Å². The van der Waals surface area contributed by atoms with Crippen molar-refractivity contribution in [3.05, 3.63) is 23.8 Å². The van der Waals surface area contributed by atoms with Crippen LogP contribution in [0.1, 0.15) is 57.8 Å². The first-order valence-electron chi connectivity index (χ1n) is 7.95. The minimum Gasteiger partial charge on any atom is -0.490 e. The van der Waals surface area contributed by atoms with E-state index in [2.05, 4.69) is 27.7 Å². The zero-order chi connectivity index (χ0) is 15.8. The first-order chi connectivity index (χ1) is 10.0. The maximum Gasteiger partial charge on any atom is 0.166 e. The van der Waals surface area contributed by atoms with Gasteiger partial charge in [-0.25, -0.2) is 0 Å². The number of carbonyl (C=O) groups excluding carboxylic acids is 1. The van der Waals surface area contributed by atoms with Crippen molar-refractivity contribution >= 4 is 5.78 Å². The van der Waals surface area contributed by atoms with Gasteiger partial charge in [0, 0.05) is 11.5 Å². The zero-order valence-electron chi connectivity index (χ0n) is 13.9. The van der Waals surface area contributed by atoms with Crippen LogP contribution in [0.4, 0.5) is 0 Å². The average Bonchev–Trinajstić information content (AvgIpc) is 2.49. The smallest absolute Gasteiger partial charge is 0.166 e. The van der Waals surface area contributed by atoms with Gasteiger partial charge in [0.2, 0.25) is 0 Å². The highest BCUT2D eigenvalue weighted by atomic mass is 16.5. The molecule has 0 saturated carbocycles. The van der Waals surface area contributed by atoms with Crippen molar-refractivity contribution in [2.45, 2.75) is 47.5 Å². The second kappa shape index (κ2) is 8.71. The van der Waals surface area contributed by atoms with Crippen LogP contribution >= 0.6 is 0 Å². The second-order valence-electron chi connectivity index (χ2n) is 5.76. The van der Waals surface area contributed by atoms with E-state index in [4.69, 9.17) is 9.47 Å². The number of rotatable bonds is 9. The summed E-state index contributed by atoms with van der Waals surface area (Å²) in [5, 5.41) is 0. The van der Waals surface area contributed by atoms with Crippen molar-refractivity contribution in [1.82, 2.24) is 0 Å². The molecule has 0 amide bonds. The topological polar surface area (TPSA) is 35.5 Å². The lowest BCUT2D eigenvalue weighted by Gasteiger charge is -2.17. The molecule has 0 fully saturated rings. The maximum atomic E-state index is 12.4. The molecule has 3 heteroatoms. The lowest BCUT2D eigenvalue weighted by Crippen LogP contribution is -2.17. The fourth-order valence-electron chi connectivity index (χ4n) is 1.88. The molecule has 0 radical (unpaired) electrons. The van der Waals surface area contributed by atoms with Gasteiger partial charge in [-0.2, -0.15) is 0 Å². The molecule has 0 heterocycles. The van der Waals surface area contributed by atoms with Crippen LogP contribution in [0.2, 0.25) is 0 Å². The van der Waals surface area contributed by atoms with Crippen LogP contribution in [0.15, 0.2) is 18.2 Å². The first-order valence-corrected chi connectivity index (χ1v) is 7.95. The summed E-state index contributed by atoms with van der Waals surface area (Å²) in [6, 6.07) is 5.51. The largest absolute Gasteiger partial charge is 0.490 e. The highest BCUT2D eigenvalue weighted by Gasteiger charge is 2.20. The summed E-state index contributed by atoms with van der Waals surface area (Å²) < 4.78 is 11.4. The van der Waals surface area contributed by atoms with E-state index in [1.54, 1.807) is 0 Å². The van der Waals surface area contributed by atoms with E-state index in [-0.39, 0.29) is 11.7 Å². The minimum absolute atomic E-state index is 0.00596. The molecule has 3 nitrogen and oxygen atoms in total. The van der Waals surface area contributed by atoms with E-state index in [1.807, 2.05) is 25.1 Å². The van der Waals surface area contributed by atoms with Gasteiger partial charge in [0.25, 0.3) is 0 Å². The Labute approximate surface area is 128 Å². The molecule has 1 rings (SSSR count). The van der Waals surface area contributed by atoms with Crippen molar-refractivity contribution in [3.8, 4) is 11.5 Å². The first kappa shape index (κ1) is 17.5. The molecule has 0 spiro atoms. The quantitative estimate of drug-likeness (QED) is 0.617. The predicted molar refractivity (Wildman–Crippen MR) is 86.3 cm³/mol. The van der Waals surface area contributed by atoms with Gasteiger partial charge in [-0.15, -0.1) is 0 Å². The lowest BCUT2D eigenvalue weighted by molar-refractivity contribution is 0.0899. The van der Waals surface area contributed by atoms with Gasteiger partial charge in [-0.05, 0) is 37.0 Å². The molecule has 0 N–H and O–H groups in total. The van der Waals surface area contributed by atoms with Crippen molar-refractivity contribution in [1.29, 1.82) is 0 Å². The Hall–Kier alpha value is -1.51. The lowest BCUT2D eigenvalue weighted by atomic mass is 9.89. The molecule has 0 saturated heterocycles. The SMILES string of the molecule is CCCOc1ccc(C(=O)C(C)C(C)C)cc1OCCC. The monoisotopic (exact) mass is 292 g/mol. The molecule has 21 heavy (non-hydrogen) atoms. The van der Waals surface area contributed by atoms with Crippen LogP contribution in [0, 0.1) is 11.8 Å². The number of benzene rings is 1. The van der Waals surface area contributed by atoms with Crippen molar-refractivity contribution in [2.75, 3.05) is 13.2 Å². The Morgan fingerprint density at radius 3 is 2.10 bits per heavy atom. The summed E-state index contributed by atoms with van der Waals surface area (Å²) in [5.74, 6) is 1.89. The van der Waals surface area contributed by atoms with Crippen LogP contribution < -0.4 is 9.47 Å². The summed E-state index contributed by atoms with van der Waals surface area (Å²) in [5.41, 5.74) is 0.700. The fraction of sp³-hybridized carbons (Fsp3) is 0.611. The molecule has 0 bridgehead atoms. The van der Waals surface area contributed by atoms with Gasteiger partial charge in [-0.1, -0.05) is 34.6 Å². The molecule has 1 atom stereocenters. The molecule has 0 aliphatic rings. The molecule has 1 aromatic rings. The zero-order valence-corrected chi connectivity index (χ0v) is 13.9. The van der Waals surface area contributed by atoms with Crippen LogP contribution in [0.25, 0.3) is 0 Å².